The number of ether oxygens (including phenoxy) is 3. The second-order valence-electron chi connectivity index (χ2n) is 18.9. The van der Waals surface area contributed by atoms with E-state index in [2.05, 4.69) is 53.5 Å². The first-order chi connectivity index (χ1) is 29.2. The molecule has 0 aromatic carbocycles. The van der Waals surface area contributed by atoms with Gasteiger partial charge in [-0.1, -0.05) is 169 Å². The third kappa shape index (κ3) is 39.2. The van der Waals surface area contributed by atoms with E-state index in [0.29, 0.717) is 50.4 Å². The number of hydrogen-bond donors (Lipinski definition) is 0. The van der Waals surface area contributed by atoms with Crippen LogP contribution in [0.5, 0.6) is 0 Å². The maximum Gasteiger partial charge on any atom is 0.306 e. The van der Waals surface area contributed by atoms with Gasteiger partial charge in [0.1, 0.15) is 6.10 Å². The molecule has 0 bridgehead atoms. The Morgan fingerprint density at radius 2 is 0.750 bits per heavy atom. The number of hydrogen-bond acceptors (Lipinski definition) is 7. The van der Waals surface area contributed by atoms with E-state index in [0.717, 1.165) is 103 Å². The first-order valence-corrected chi connectivity index (χ1v) is 26.4. The summed E-state index contributed by atoms with van der Waals surface area (Å²) in [5.74, 6) is 0.955. The first kappa shape index (κ1) is 58.4. The SMILES string of the molecule is CCCCCC(CCCCC)CC(=O)OCCCCCCCCCCC(CCCCCCCCOC(=O)CC(CCCCC)CCCCC)OC(=O)CCCN(C)C(C)C. The van der Waals surface area contributed by atoms with Gasteiger partial charge in [-0.2, -0.15) is 0 Å². The highest BCUT2D eigenvalue weighted by Gasteiger charge is 2.17. The van der Waals surface area contributed by atoms with E-state index in [-0.39, 0.29) is 24.0 Å². The Labute approximate surface area is 373 Å². The minimum Gasteiger partial charge on any atom is -0.466 e. The van der Waals surface area contributed by atoms with Gasteiger partial charge in [-0.05, 0) is 110 Å². The van der Waals surface area contributed by atoms with Crippen LogP contribution in [0.2, 0.25) is 0 Å². The average molecular weight is 850 g/mol. The van der Waals surface area contributed by atoms with Crippen LogP contribution in [0.15, 0.2) is 0 Å². The Morgan fingerprint density at radius 1 is 0.417 bits per heavy atom. The fraction of sp³-hybridized carbons (Fsp3) is 0.943. The second-order valence-corrected chi connectivity index (χ2v) is 18.9. The topological polar surface area (TPSA) is 82.1 Å². The molecule has 0 N–H and O–H groups in total. The van der Waals surface area contributed by atoms with Crippen molar-refractivity contribution in [3.05, 3.63) is 0 Å². The van der Waals surface area contributed by atoms with Crippen molar-refractivity contribution in [2.75, 3.05) is 26.8 Å². The molecule has 7 nitrogen and oxygen atoms in total. The summed E-state index contributed by atoms with van der Waals surface area (Å²) in [7, 11) is 2.12. The predicted octanol–water partition coefficient (Wildman–Crippen LogP) is 15.7. The minimum absolute atomic E-state index is 0.00107. The molecule has 60 heavy (non-hydrogen) atoms. The normalized spacial score (nSPS) is 12.2. The first-order valence-electron chi connectivity index (χ1n) is 26.4. The molecule has 0 aliphatic carbocycles. The maximum absolute atomic E-state index is 12.8. The highest BCUT2D eigenvalue weighted by molar-refractivity contribution is 5.70. The molecular formula is C53H103NO6. The maximum atomic E-state index is 12.8. The summed E-state index contributed by atoms with van der Waals surface area (Å²) >= 11 is 0. The van der Waals surface area contributed by atoms with Crippen molar-refractivity contribution in [3.8, 4) is 0 Å². The fourth-order valence-corrected chi connectivity index (χ4v) is 8.34. The van der Waals surface area contributed by atoms with Crippen LogP contribution in [0.25, 0.3) is 0 Å². The molecular weight excluding hydrogens is 747 g/mol. The Morgan fingerprint density at radius 3 is 1.10 bits per heavy atom. The standard InChI is InChI=1S/C53H103NO6/c1-8-12-26-35-48(36-27-13-9-2)45-52(56)58-43-32-24-20-17-16-18-22-30-39-50(60-51(55)41-34-42-54(7)47(5)6)40-31-23-19-21-25-33-44-59-53(57)46-49(37-28-14-10-3)38-29-15-11-4/h47-50H,8-46H2,1-7H3. The largest absolute Gasteiger partial charge is 0.466 e. The van der Waals surface area contributed by atoms with Crippen molar-refractivity contribution in [3.63, 3.8) is 0 Å². The van der Waals surface area contributed by atoms with Gasteiger partial charge in [0, 0.05) is 25.3 Å². The summed E-state index contributed by atoms with van der Waals surface area (Å²) in [6.07, 6.45) is 39.9. The molecule has 0 aromatic heterocycles. The van der Waals surface area contributed by atoms with E-state index in [1.165, 1.54) is 116 Å². The zero-order chi connectivity index (χ0) is 44.3. The predicted molar refractivity (Wildman–Crippen MR) is 255 cm³/mol. The Hall–Kier alpha value is -1.63. The van der Waals surface area contributed by atoms with Gasteiger partial charge in [-0.25, -0.2) is 0 Å². The van der Waals surface area contributed by atoms with Gasteiger partial charge in [-0.15, -0.1) is 0 Å². The average Bonchev–Trinajstić information content (AvgIpc) is 3.22. The fourth-order valence-electron chi connectivity index (χ4n) is 8.34. The van der Waals surface area contributed by atoms with Crippen molar-refractivity contribution in [1.29, 1.82) is 0 Å². The molecule has 0 aliphatic heterocycles. The lowest BCUT2D eigenvalue weighted by molar-refractivity contribution is -0.150. The number of carbonyl (C=O) groups excluding carboxylic acids is 3. The van der Waals surface area contributed by atoms with Crippen molar-refractivity contribution in [2.45, 2.75) is 285 Å². The highest BCUT2D eigenvalue weighted by Crippen LogP contribution is 2.24. The van der Waals surface area contributed by atoms with Gasteiger partial charge in [0.05, 0.1) is 13.2 Å². The lowest BCUT2D eigenvalue weighted by Gasteiger charge is -2.21. The van der Waals surface area contributed by atoms with Crippen molar-refractivity contribution >= 4 is 17.9 Å². The number of rotatable bonds is 46. The number of carbonyl (C=O) groups is 3. The number of nitrogens with zero attached hydrogens (tertiary/aromatic N) is 1. The van der Waals surface area contributed by atoms with Gasteiger partial charge in [-0.3, -0.25) is 14.4 Å². The van der Waals surface area contributed by atoms with E-state index in [1.807, 2.05) is 0 Å². The van der Waals surface area contributed by atoms with Gasteiger partial charge in [0.25, 0.3) is 0 Å². The lowest BCUT2D eigenvalue weighted by atomic mass is 9.92. The molecule has 0 spiro atoms. The molecule has 0 aromatic rings. The molecule has 0 saturated carbocycles. The van der Waals surface area contributed by atoms with Crippen LogP contribution < -0.4 is 0 Å². The van der Waals surface area contributed by atoms with Crippen LogP contribution in [-0.4, -0.2) is 61.8 Å². The smallest absolute Gasteiger partial charge is 0.306 e. The summed E-state index contributed by atoms with van der Waals surface area (Å²) in [4.78, 5) is 40.2. The van der Waals surface area contributed by atoms with E-state index in [4.69, 9.17) is 14.2 Å². The van der Waals surface area contributed by atoms with Gasteiger partial charge >= 0.3 is 17.9 Å². The van der Waals surface area contributed by atoms with Crippen LogP contribution in [0, 0.1) is 11.8 Å². The van der Waals surface area contributed by atoms with Crippen LogP contribution in [0.3, 0.4) is 0 Å². The Kier molecular flexibility index (Phi) is 42.8. The van der Waals surface area contributed by atoms with Crippen LogP contribution in [0.1, 0.15) is 273 Å². The van der Waals surface area contributed by atoms with Crippen LogP contribution in [0.4, 0.5) is 0 Å². The third-order valence-corrected chi connectivity index (χ3v) is 12.7. The van der Waals surface area contributed by atoms with Gasteiger partial charge in [0.2, 0.25) is 0 Å². The van der Waals surface area contributed by atoms with Crippen molar-refractivity contribution in [1.82, 2.24) is 4.90 Å². The van der Waals surface area contributed by atoms with E-state index >= 15 is 0 Å². The monoisotopic (exact) mass is 850 g/mol. The Bertz CT molecular complexity index is 936. The zero-order valence-corrected chi connectivity index (χ0v) is 41.3. The number of unbranched alkanes of at least 4 members (excludes halogenated alkanes) is 20. The van der Waals surface area contributed by atoms with E-state index in [9.17, 15) is 14.4 Å². The molecule has 1 unspecified atom stereocenters. The Balaban J connectivity index is 4.36. The van der Waals surface area contributed by atoms with Gasteiger partial charge in [0.15, 0.2) is 0 Å². The number of esters is 3. The van der Waals surface area contributed by atoms with Gasteiger partial charge < -0.3 is 19.1 Å². The second kappa shape index (κ2) is 44.0. The van der Waals surface area contributed by atoms with Crippen molar-refractivity contribution in [2.24, 2.45) is 11.8 Å². The minimum atomic E-state index is -0.0376. The third-order valence-electron chi connectivity index (χ3n) is 12.7. The quantitative estimate of drug-likeness (QED) is 0.0343. The highest BCUT2D eigenvalue weighted by atomic mass is 16.5. The molecule has 0 saturated heterocycles. The van der Waals surface area contributed by atoms with E-state index in [1.54, 1.807) is 0 Å². The molecule has 0 heterocycles. The summed E-state index contributed by atoms with van der Waals surface area (Å²) in [5.41, 5.74) is 0. The molecule has 7 heteroatoms. The summed E-state index contributed by atoms with van der Waals surface area (Å²) in [5, 5.41) is 0. The molecule has 356 valence electrons. The van der Waals surface area contributed by atoms with Crippen LogP contribution in [-0.2, 0) is 28.6 Å². The summed E-state index contributed by atoms with van der Waals surface area (Å²) in [6.45, 7) is 15.4. The molecule has 0 amide bonds. The summed E-state index contributed by atoms with van der Waals surface area (Å²) in [6, 6.07) is 0.481. The molecule has 1 atom stereocenters. The molecule has 0 fully saturated rings. The van der Waals surface area contributed by atoms with E-state index < -0.39 is 0 Å². The zero-order valence-electron chi connectivity index (χ0n) is 41.3. The molecule has 0 aliphatic rings. The van der Waals surface area contributed by atoms with Crippen LogP contribution >= 0.6 is 0 Å². The molecule has 0 rings (SSSR count). The lowest BCUT2D eigenvalue weighted by Crippen LogP contribution is -2.28. The van der Waals surface area contributed by atoms with Crippen molar-refractivity contribution < 1.29 is 28.6 Å². The summed E-state index contributed by atoms with van der Waals surface area (Å²) < 4.78 is 17.4. The molecule has 0 radical (unpaired) electrons.